The maximum atomic E-state index is 13.3. The van der Waals surface area contributed by atoms with E-state index in [1.165, 1.54) is 29.6 Å². The Morgan fingerprint density at radius 1 is 1.17 bits per heavy atom. The molecule has 0 fully saturated rings. The number of para-hydroxylation sites is 2. The predicted molar refractivity (Wildman–Crippen MR) is 107 cm³/mol. The van der Waals surface area contributed by atoms with Gasteiger partial charge < -0.3 is 14.8 Å². The summed E-state index contributed by atoms with van der Waals surface area (Å²) in [5.41, 5.74) is 0.540. The molecule has 1 aliphatic heterocycles. The molecule has 29 heavy (non-hydrogen) atoms. The summed E-state index contributed by atoms with van der Waals surface area (Å²) in [6, 6.07) is 6.72. The van der Waals surface area contributed by atoms with Crippen molar-refractivity contribution in [2.45, 2.75) is 25.9 Å². The number of carbonyl (C=O) groups is 2. The van der Waals surface area contributed by atoms with Crippen LogP contribution in [0.1, 0.15) is 13.3 Å². The van der Waals surface area contributed by atoms with Gasteiger partial charge in [-0.3, -0.25) is 23.5 Å². The molecule has 1 N–H and O–H groups in total. The molecule has 0 spiro atoms. The fourth-order valence-corrected chi connectivity index (χ4v) is 3.71. The highest BCUT2D eigenvalue weighted by Crippen LogP contribution is 2.31. The number of hydrogen-bond acceptors (Lipinski definition) is 5. The van der Waals surface area contributed by atoms with E-state index in [9.17, 15) is 19.2 Å². The lowest BCUT2D eigenvalue weighted by atomic mass is 10.1. The molecule has 0 saturated carbocycles. The molecular weight excluding hydrogens is 376 g/mol. The Kier molecular flexibility index (Phi) is 4.33. The Morgan fingerprint density at radius 3 is 2.66 bits per heavy atom. The SMILES string of the molecule is CC1CC(=O)Nc2ccccc2N1C(=O)Cn1cnc2c1c(=O)n(C)c(=O)n2C. The third-order valence-electron chi connectivity index (χ3n) is 5.15. The minimum atomic E-state index is -0.519. The van der Waals surface area contributed by atoms with E-state index in [1.54, 1.807) is 36.1 Å². The van der Waals surface area contributed by atoms with Crippen LogP contribution in [0, 0.1) is 0 Å². The zero-order chi connectivity index (χ0) is 20.9. The van der Waals surface area contributed by atoms with Gasteiger partial charge in [0.05, 0.1) is 17.7 Å². The van der Waals surface area contributed by atoms with Crippen LogP contribution < -0.4 is 21.5 Å². The van der Waals surface area contributed by atoms with Crippen LogP contribution in [0.4, 0.5) is 11.4 Å². The first kappa shape index (κ1) is 18.7. The standard InChI is InChI=1S/C19H20N6O4/c1-11-8-14(26)21-12-6-4-5-7-13(12)25(11)15(27)9-24-10-20-17-16(24)18(28)23(3)19(29)22(17)2/h4-7,10-11H,8-9H2,1-3H3,(H,21,26). The van der Waals surface area contributed by atoms with Gasteiger partial charge in [-0.25, -0.2) is 9.78 Å². The van der Waals surface area contributed by atoms with Crippen LogP contribution >= 0.6 is 0 Å². The number of fused-ring (bicyclic) bond motifs is 2. The quantitative estimate of drug-likeness (QED) is 0.665. The molecule has 1 atom stereocenters. The normalized spacial score (nSPS) is 16.4. The summed E-state index contributed by atoms with van der Waals surface area (Å²) < 4.78 is 3.69. The van der Waals surface area contributed by atoms with Crippen LogP contribution in [0.25, 0.3) is 11.2 Å². The minimum absolute atomic E-state index is 0.154. The number of hydrogen-bond donors (Lipinski definition) is 1. The first-order valence-electron chi connectivity index (χ1n) is 9.11. The van der Waals surface area contributed by atoms with Gasteiger partial charge in [0.1, 0.15) is 6.54 Å². The van der Waals surface area contributed by atoms with Gasteiger partial charge in [-0.2, -0.15) is 0 Å². The fraction of sp³-hybridized carbons (Fsp3) is 0.316. The second-order valence-electron chi connectivity index (χ2n) is 7.13. The Morgan fingerprint density at radius 2 is 1.90 bits per heavy atom. The van der Waals surface area contributed by atoms with Crippen LogP contribution in [0.15, 0.2) is 40.2 Å². The van der Waals surface area contributed by atoms with E-state index in [0.29, 0.717) is 11.4 Å². The molecule has 1 aromatic carbocycles. The number of benzene rings is 1. The molecule has 3 heterocycles. The van der Waals surface area contributed by atoms with E-state index in [0.717, 1.165) is 4.57 Å². The number of rotatable bonds is 2. The van der Waals surface area contributed by atoms with E-state index in [1.807, 2.05) is 0 Å². The molecule has 0 radical (unpaired) electrons. The average Bonchev–Trinajstić information content (AvgIpc) is 3.03. The van der Waals surface area contributed by atoms with Crippen molar-refractivity contribution in [2.24, 2.45) is 14.1 Å². The smallest absolute Gasteiger partial charge is 0.324 e. The van der Waals surface area contributed by atoms with Crippen molar-refractivity contribution in [3.05, 3.63) is 51.4 Å². The zero-order valence-electron chi connectivity index (χ0n) is 16.2. The first-order chi connectivity index (χ1) is 13.8. The monoisotopic (exact) mass is 396 g/mol. The van der Waals surface area contributed by atoms with Gasteiger partial charge in [0.2, 0.25) is 11.8 Å². The highest BCUT2D eigenvalue weighted by Gasteiger charge is 2.30. The van der Waals surface area contributed by atoms with Crippen molar-refractivity contribution >= 4 is 34.4 Å². The van der Waals surface area contributed by atoms with Crippen LogP contribution in [-0.4, -0.2) is 36.5 Å². The summed E-state index contributed by atoms with van der Waals surface area (Å²) >= 11 is 0. The molecule has 10 heteroatoms. The van der Waals surface area contributed by atoms with Crippen LogP contribution in [0.3, 0.4) is 0 Å². The van der Waals surface area contributed by atoms with Gasteiger partial charge in [0.15, 0.2) is 11.2 Å². The Labute approximate surface area is 165 Å². The van der Waals surface area contributed by atoms with Crippen LogP contribution in [0.5, 0.6) is 0 Å². The Bertz CT molecular complexity index is 1270. The lowest BCUT2D eigenvalue weighted by Gasteiger charge is -2.28. The number of carbonyl (C=O) groups excluding carboxylic acids is 2. The lowest BCUT2D eigenvalue weighted by molar-refractivity contribution is -0.119. The number of aromatic nitrogens is 4. The van der Waals surface area contributed by atoms with E-state index < -0.39 is 11.2 Å². The topological polar surface area (TPSA) is 111 Å². The van der Waals surface area contributed by atoms with Gasteiger partial charge in [-0.1, -0.05) is 12.1 Å². The second-order valence-corrected chi connectivity index (χ2v) is 7.13. The summed E-state index contributed by atoms with van der Waals surface area (Å²) in [6.07, 6.45) is 1.53. The summed E-state index contributed by atoms with van der Waals surface area (Å²) in [7, 11) is 2.90. The highest BCUT2D eigenvalue weighted by molar-refractivity contribution is 6.04. The molecule has 0 aliphatic carbocycles. The molecule has 2 amide bonds. The van der Waals surface area contributed by atoms with Gasteiger partial charge in [-0.15, -0.1) is 0 Å². The molecule has 1 unspecified atom stereocenters. The van der Waals surface area contributed by atoms with Crippen molar-refractivity contribution in [3.63, 3.8) is 0 Å². The molecule has 10 nitrogen and oxygen atoms in total. The number of anilines is 2. The molecule has 150 valence electrons. The van der Waals surface area contributed by atoms with Crippen LogP contribution in [0.2, 0.25) is 0 Å². The van der Waals surface area contributed by atoms with Gasteiger partial charge in [0, 0.05) is 26.6 Å². The Balaban J connectivity index is 1.78. The number of amides is 2. The number of imidazole rings is 1. The molecule has 1 aliphatic rings. The predicted octanol–water partition coefficient (Wildman–Crippen LogP) is 0.198. The highest BCUT2D eigenvalue weighted by atomic mass is 16.2. The zero-order valence-corrected chi connectivity index (χ0v) is 16.2. The maximum Gasteiger partial charge on any atom is 0.332 e. The van der Waals surface area contributed by atoms with Crippen molar-refractivity contribution in [1.29, 1.82) is 0 Å². The lowest BCUT2D eigenvalue weighted by Crippen LogP contribution is -2.41. The fourth-order valence-electron chi connectivity index (χ4n) is 3.71. The van der Waals surface area contributed by atoms with E-state index in [4.69, 9.17) is 0 Å². The molecule has 3 aromatic rings. The third-order valence-corrected chi connectivity index (χ3v) is 5.15. The molecular formula is C19H20N6O4. The number of nitrogens with zero attached hydrogens (tertiary/aromatic N) is 5. The summed E-state index contributed by atoms with van der Waals surface area (Å²) in [6.45, 7) is 1.64. The first-order valence-corrected chi connectivity index (χ1v) is 9.11. The van der Waals surface area contributed by atoms with E-state index in [-0.39, 0.29) is 42.0 Å². The van der Waals surface area contributed by atoms with E-state index in [2.05, 4.69) is 10.3 Å². The van der Waals surface area contributed by atoms with Gasteiger partial charge in [0.25, 0.3) is 5.56 Å². The van der Waals surface area contributed by atoms with Gasteiger partial charge >= 0.3 is 5.69 Å². The summed E-state index contributed by atoms with van der Waals surface area (Å²) in [5.74, 6) is -0.464. The number of nitrogens with one attached hydrogen (secondary N) is 1. The molecule has 2 aromatic heterocycles. The maximum absolute atomic E-state index is 13.3. The van der Waals surface area contributed by atoms with Gasteiger partial charge in [-0.05, 0) is 19.1 Å². The molecule has 4 rings (SSSR count). The van der Waals surface area contributed by atoms with Crippen molar-refractivity contribution in [2.75, 3.05) is 10.2 Å². The third kappa shape index (κ3) is 2.93. The largest absolute Gasteiger partial charge is 0.332 e. The molecule has 0 saturated heterocycles. The number of aryl methyl sites for hydroxylation is 1. The summed E-state index contributed by atoms with van der Waals surface area (Å²) in [4.78, 5) is 55.8. The van der Waals surface area contributed by atoms with E-state index >= 15 is 0 Å². The van der Waals surface area contributed by atoms with Crippen molar-refractivity contribution in [1.82, 2.24) is 18.7 Å². The molecule has 0 bridgehead atoms. The second kappa shape index (κ2) is 6.73. The van der Waals surface area contributed by atoms with Crippen LogP contribution in [-0.2, 0) is 30.2 Å². The van der Waals surface area contributed by atoms with Crippen molar-refractivity contribution < 1.29 is 9.59 Å². The average molecular weight is 396 g/mol. The van der Waals surface area contributed by atoms with Crippen molar-refractivity contribution in [3.8, 4) is 0 Å². The Hall–Kier alpha value is -3.69. The minimum Gasteiger partial charge on any atom is -0.324 e. The summed E-state index contributed by atoms with van der Waals surface area (Å²) in [5, 5.41) is 2.81.